The van der Waals surface area contributed by atoms with Gasteiger partial charge in [-0.25, -0.2) is 4.79 Å². The third-order valence-electron chi connectivity index (χ3n) is 9.63. The standard InChI is InChI=1S/C31H45N5O5/c1-6-27-21(4)20(3)22(5)30(41-27)39-18-25-16-35(34-33-25)15-24-14-26-13-12-19(2)36(26)29(37)28(24)32-31(38)40-17-23-10-8-7-9-11-23/h7-11,16,19-22,24,26-28,30H,6,12-15,17-18H2,1-5H3,(H,32,38)/t19-,20?,21?,22?,24?,26?,27?,28?,30?/m1/s1. The highest BCUT2D eigenvalue weighted by Gasteiger charge is 2.47. The number of fused-ring (bicyclic) bond motifs is 1. The molecule has 10 heteroatoms. The minimum Gasteiger partial charge on any atom is -0.445 e. The number of aromatic nitrogens is 3. The fourth-order valence-electron chi connectivity index (χ4n) is 6.85. The molecule has 2 aromatic rings. The molecule has 0 saturated carbocycles. The number of hydrogen-bond donors (Lipinski definition) is 1. The number of hydrogen-bond acceptors (Lipinski definition) is 7. The quantitative estimate of drug-likeness (QED) is 0.474. The van der Waals surface area contributed by atoms with Crippen LogP contribution < -0.4 is 5.32 Å². The molecule has 5 rings (SSSR count). The average molecular weight is 568 g/mol. The fraction of sp³-hybridized carbons (Fsp3) is 0.677. The van der Waals surface area contributed by atoms with Gasteiger partial charge in [0.1, 0.15) is 18.3 Å². The van der Waals surface area contributed by atoms with E-state index in [0.29, 0.717) is 30.7 Å². The highest BCUT2D eigenvalue weighted by molar-refractivity contribution is 5.87. The third-order valence-corrected chi connectivity index (χ3v) is 9.63. The predicted molar refractivity (Wildman–Crippen MR) is 152 cm³/mol. The smallest absolute Gasteiger partial charge is 0.408 e. The summed E-state index contributed by atoms with van der Waals surface area (Å²) in [6.45, 7) is 11.8. The van der Waals surface area contributed by atoms with Crippen molar-refractivity contribution >= 4 is 12.0 Å². The number of carbonyl (C=O) groups excluding carboxylic acids is 2. The lowest BCUT2D eigenvalue weighted by Gasteiger charge is -2.43. The maximum absolute atomic E-state index is 13.6. The van der Waals surface area contributed by atoms with Crippen molar-refractivity contribution in [2.24, 2.45) is 23.7 Å². The van der Waals surface area contributed by atoms with Crippen LogP contribution in [0.25, 0.3) is 0 Å². The van der Waals surface area contributed by atoms with E-state index in [2.05, 4.69) is 50.2 Å². The zero-order valence-electron chi connectivity index (χ0n) is 24.9. The lowest BCUT2D eigenvalue weighted by atomic mass is 9.78. The summed E-state index contributed by atoms with van der Waals surface area (Å²) in [4.78, 5) is 28.4. The van der Waals surface area contributed by atoms with E-state index in [1.165, 1.54) is 0 Å². The number of amides is 2. The van der Waals surface area contributed by atoms with E-state index < -0.39 is 12.1 Å². The number of rotatable bonds is 9. The average Bonchev–Trinajstić information content (AvgIpc) is 3.58. The van der Waals surface area contributed by atoms with E-state index in [9.17, 15) is 9.59 Å². The Labute approximate surface area is 243 Å². The first-order chi connectivity index (χ1) is 19.7. The van der Waals surface area contributed by atoms with Gasteiger partial charge in [0.2, 0.25) is 5.91 Å². The van der Waals surface area contributed by atoms with Gasteiger partial charge in [-0.3, -0.25) is 9.48 Å². The molecule has 3 fully saturated rings. The van der Waals surface area contributed by atoms with E-state index in [-0.39, 0.29) is 48.8 Å². The normalized spacial score (nSPS) is 33.4. The van der Waals surface area contributed by atoms with Crippen molar-refractivity contribution in [1.82, 2.24) is 25.2 Å². The van der Waals surface area contributed by atoms with Crippen molar-refractivity contribution in [3.05, 3.63) is 47.8 Å². The number of benzene rings is 1. The molecule has 1 N–H and O–H groups in total. The van der Waals surface area contributed by atoms with E-state index in [1.54, 1.807) is 4.68 Å². The number of piperidine rings is 1. The zero-order chi connectivity index (χ0) is 29.1. The minimum atomic E-state index is -0.690. The minimum absolute atomic E-state index is 0.0474. The van der Waals surface area contributed by atoms with Crippen LogP contribution in [-0.4, -0.2) is 62.4 Å². The zero-order valence-corrected chi connectivity index (χ0v) is 24.9. The van der Waals surface area contributed by atoms with Crippen LogP contribution in [-0.2, 0) is 38.8 Å². The second-order valence-corrected chi connectivity index (χ2v) is 12.3. The molecule has 3 aliphatic rings. The highest BCUT2D eigenvalue weighted by Crippen LogP contribution is 2.37. The van der Waals surface area contributed by atoms with Crippen LogP contribution in [0.2, 0.25) is 0 Å². The fourth-order valence-corrected chi connectivity index (χ4v) is 6.85. The van der Waals surface area contributed by atoms with Gasteiger partial charge < -0.3 is 24.4 Å². The number of ether oxygens (including phenoxy) is 3. The molecule has 10 nitrogen and oxygen atoms in total. The maximum Gasteiger partial charge on any atom is 0.408 e. The molecule has 0 radical (unpaired) electrons. The summed E-state index contributed by atoms with van der Waals surface area (Å²) in [6.07, 6.45) is 4.87. The Kier molecular flexibility index (Phi) is 9.28. The first-order valence-corrected chi connectivity index (χ1v) is 15.2. The molecular weight excluding hydrogens is 522 g/mol. The summed E-state index contributed by atoms with van der Waals surface area (Å²) in [5.74, 6) is 1.09. The maximum atomic E-state index is 13.6. The Bertz CT molecular complexity index is 1170. The van der Waals surface area contributed by atoms with Crippen LogP contribution >= 0.6 is 0 Å². The second-order valence-electron chi connectivity index (χ2n) is 12.3. The summed E-state index contributed by atoms with van der Waals surface area (Å²) >= 11 is 0. The number of carbonyl (C=O) groups is 2. The molecule has 4 heterocycles. The molecule has 8 unspecified atom stereocenters. The lowest BCUT2D eigenvalue weighted by Crippen LogP contribution is -2.60. The summed E-state index contributed by atoms with van der Waals surface area (Å²) < 4.78 is 19.7. The molecule has 1 aromatic heterocycles. The SMILES string of the molecule is CCC1OC(OCc2cn(CC3CC4CC[C@@H](C)N4C(=O)C3NC(=O)OCc3ccccc3)nn2)C(C)C(C)C1C. The van der Waals surface area contributed by atoms with E-state index in [4.69, 9.17) is 14.2 Å². The van der Waals surface area contributed by atoms with Gasteiger partial charge in [-0.05, 0) is 50.0 Å². The van der Waals surface area contributed by atoms with Crippen LogP contribution in [0.1, 0.15) is 71.6 Å². The van der Waals surface area contributed by atoms with Crippen molar-refractivity contribution < 1.29 is 23.8 Å². The third kappa shape index (κ3) is 6.59. The van der Waals surface area contributed by atoms with Gasteiger partial charge in [0, 0.05) is 30.5 Å². The molecular formula is C31H45N5O5. The summed E-state index contributed by atoms with van der Waals surface area (Å²) in [7, 11) is 0. The first-order valence-electron chi connectivity index (χ1n) is 15.2. The predicted octanol–water partition coefficient (Wildman–Crippen LogP) is 4.53. The van der Waals surface area contributed by atoms with E-state index in [0.717, 1.165) is 31.2 Å². The van der Waals surface area contributed by atoms with Crippen molar-refractivity contribution in [1.29, 1.82) is 0 Å². The van der Waals surface area contributed by atoms with Crippen LogP contribution in [0.5, 0.6) is 0 Å². The van der Waals surface area contributed by atoms with Crippen LogP contribution in [0, 0.1) is 23.7 Å². The van der Waals surface area contributed by atoms with Gasteiger partial charge in [0.05, 0.1) is 18.9 Å². The van der Waals surface area contributed by atoms with Gasteiger partial charge >= 0.3 is 6.09 Å². The van der Waals surface area contributed by atoms with Gasteiger partial charge in [-0.15, -0.1) is 5.10 Å². The second kappa shape index (κ2) is 12.9. The van der Waals surface area contributed by atoms with Gasteiger partial charge in [0.15, 0.2) is 6.29 Å². The number of nitrogens with one attached hydrogen (secondary N) is 1. The number of nitrogens with zero attached hydrogens (tertiary/aromatic N) is 4. The summed E-state index contributed by atoms with van der Waals surface area (Å²) in [6, 6.07) is 9.15. The monoisotopic (exact) mass is 567 g/mol. The van der Waals surface area contributed by atoms with Gasteiger partial charge in [-0.2, -0.15) is 0 Å². The molecule has 0 bridgehead atoms. The Hall–Kier alpha value is -2.98. The molecule has 3 aliphatic heterocycles. The summed E-state index contributed by atoms with van der Waals surface area (Å²) in [5, 5.41) is 11.6. The lowest BCUT2D eigenvalue weighted by molar-refractivity contribution is -0.253. The molecule has 0 aliphatic carbocycles. The molecule has 224 valence electrons. The molecule has 9 atom stereocenters. The van der Waals surface area contributed by atoms with E-state index >= 15 is 0 Å². The van der Waals surface area contributed by atoms with Crippen LogP contribution in [0.4, 0.5) is 4.79 Å². The Balaban J connectivity index is 1.22. The number of alkyl carbamates (subject to hydrolysis) is 1. The molecule has 1 aromatic carbocycles. The Morgan fingerprint density at radius 1 is 1.07 bits per heavy atom. The molecule has 2 amide bonds. The highest BCUT2D eigenvalue weighted by atomic mass is 16.7. The van der Waals surface area contributed by atoms with Crippen molar-refractivity contribution in [2.45, 2.75) is 111 Å². The van der Waals surface area contributed by atoms with Crippen molar-refractivity contribution in [3.8, 4) is 0 Å². The molecule has 3 saturated heterocycles. The Morgan fingerprint density at radius 2 is 1.85 bits per heavy atom. The van der Waals surface area contributed by atoms with Gasteiger partial charge in [0.25, 0.3) is 0 Å². The topological polar surface area (TPSA) is 108 Å². The first kappa shape index (κ1) is 29.5. The molecule has 0 spiro atoms. The van der Waals surface area contributed by atoms with Crippen LogP contribution in [0.3, 0.4) is 0 Å². The summed E-state index contributed by atoms with van der Waals surface area (Å²) in [5.41, 5.74) is 1.60. The largest absolute Gasteiger partial charge is 0.445 e. The van der Waals surface area contributed by atoms with Gasteiger partial charge in [-0.1, -0.05) is 63.2 Å². The Morgan fingerprint density at radius 3 is 2.61 bits per heavy atom. The van der Waals surface area contributed by atoms with Crippen molar-refractivity contribution in [2.75, 3.05) is 0 Å². The molecule has 41 heavy (non-hydrogen) atoms. The van der Waals surface area contributed by atoms with Crippen molar-refractivity contribution in [3.63, 3.8) is 0 Å². The van der Waals surface area contributed by atoms with E-state index in [1.807, 2.05) is 41.4 Å². The van der Waals surface area contributed by atoms with Crippen LogP contribution in [0.15, 0.2) is 36.5 Å².